The molecule has 0 aliphatic heterocycles. The maximum atomic E-state index is 12.1. The van der Waals surface area contributed by atoms with Gasteiger partial charge in [-0.15, -0.1) is 0 Å². The first-order valence-electron chi connectivity index (χ1n) is 8.05. The molecule has 0 aromatic heterocycles. The molecule has 0 aliphatic rings. The molecule has 0 bridgehead atoms. The summed E-state index contributed by atoms with van der Waals surface area (Å²) in [6, 6.07) is 15.8. The summed E-state index contributed by atoms with van der Waals surface area (Å²) >= 11 is 0. The normalized spacial score (nSPS) is 11.1. The molecule has 2 rings (SSSR count). The number of nitrogens with one attached hydrogen (secondary N) is 3. The number of amides is 2. The van der Waals surface area contributed by atoms with E-state index >= 15 is 0 Å². The van der Waals surface area contributed by atoms with Gasteiger partial charge in [0.05, 0.1) is 25.8 Å². The number of carbonyl (C=O) groups is 2. The number of nitrogens with zero attached hydrogens (tertiary/aromatic N) is 1. The van der Waals surface area contributed by atoms with Gasteiger partial charge in [-0.25, -0.2) is 0 Å². The van der Waals surface area contributed by atoms with Crippen LogP contribution in [0, 0.1) is 11.3 Å². The molecule has 0 radical (unpaired) electrons. The Morgan fingerprint density at radius 1 is 1.04 bits per heavy atom. The van der Waals surface area contributed by atoms with E-state index in [0.717, 1.165) is 4.90 Å². The fourth-order valence-corrected chi connectivity index (χ4v) is 2.39. The van der Waals surface area contributed by atoms with Crippen LogP contribution in [0.25, 0.3) is 0 Å². The number of rotatable bonds is 7. The number of benzene rings is 2. The summed E-state index contributed by atoms with van der Waals surface area (Å²) in [5.41, 5.74) is 1.67. The first-order valence-corrected chi connectivity index (χ1v) is 8.05. The maximum Gasteiger partial charge on any atom is 0.279 e. The van der Waals surface area contributed by atoms with E-state index in [9.17, 15) is 9.59 Å². The van der Waals surface area contributed by atoms with Crippen molar-refractivity contribution in [2.24, 2.45) is 0 Å². The molecule has 7 heteroatoms. The number of quaternary nitrogens is 1. The van der Waals surface area contributed by atoms with Crippen LogP contribution < -0.4 is 20.3 Å². The lowest BCUT2D eigenvalue weighted by Gasteiger charge is -2.14. The van der Waals surface area contributed by atoms with E-state index in [1.807, 2.05) is 6.07 Å². The zero-order valence-electron chi connectivity index (χ0n) is 14.7. The van der Waals surface area contributed by atoms with Gasteiger partial charge < -0.3 is 20.3 Å². The van der Waals surface area contributed by atoms with Crippen molar-refractivity contribution in [3.63, 3.8) is 0 Å². The zero-order valence-corrected chi connectivity index (χ0v) is 14.7. The van der Waals surface area contributed by atoms with Crippen LogP contribution in [0.4, 0.5) is 11.4 Å². The molecule has 2 amide bonds. The Kier molecular flexibility index (Phi) is 6.71. The summed E-state index contributed by atoms with van der Waals surface area (Å²) in [4.78, 5) is 24.9. The number of nitriles is 1. The van der Waals surface area contributed by atoms with Gasteiger partial charge in [-0.2, -0.15) is 5.26 Å². The lowest BCUT2D eigenvalue weighted by Crippen LogP contribution is -3.11. The predicted molar refractivity (Wildman–Crippen MR) is 98.0 cm³/mol. The minimum atomic E-state index is -0.230. The highest BCUT2D eigenvalue weighted by molar-refractivity contribution is 5.93. The van der Waals surface area contributed by atoms with E-state index in [2.05, 4.69) is 10.6 Å². The standard InChI is InChI=1S/C19H20N4O3/c1-23(12-18(24)21-15-6-3-5-14(9-15)11-20)13-19(25)22-16-7-4-8-17(10-16)26-2/h3-10H,12-13H2,1-2H3,(H,21,24)(H,22,25)/p+1. The zero-order chi connectivity index (χ0) is 18.9. The van der Waals surface area contributed by atoms with Gasteiger partial charge in [0.25, 0.3) is 11.8 Å². The van der Waals surface area contributed by atoms with Crippen LogP contribution in [0.1, 0.15) is 5.56 Å². The quantitative estimate of drug-likeness (QED) is 0.681. The summed E-state index contributed by atoms with van der Waals surface area (Å²) in [6.45, 7) is 0.269. The third-order valence-corrected chi connectivity index (χ3v) is 3.55. The predicted octanol–water partition coefficient (Wildman–Crippen LogP) is 0.659. The SMILES string of the molecule is COc1cccc(NC(=O)C[NH+](C)CC(=O)Nc2cccc(C#N)c2)c1. The molecule has 2 aromatic carbocycles. The average molecular weight is 353 g/mol. The highest BCUT2D eigenvalue weighted by Crippen LogP contribution is 2.16. The van der Waals surface area contributed by atoms with E-state index in [0.29, 0.717) is 22.7 Å². The van der Waals surface area contributed by atoms with E-state index in [1.54, 1.807) is 62.7 Å². The fourth-order valence-electron chi connectivity index (χ4n) is 2.39. The number of hydrogen-bond donors (Lipinski definition) is 3. The van der Waals surface area contributed by atoms with E-state index < -0.39 is 0 Å². The molecule has 3 N–H and O–H groups in total. The van der Waals surface area contributed by atoms with Gasteiger partial charge in [0.2, 0.25) is 0 Å². The van der Waals surface area contributed by atoms with E-state index in [4.69, 9.17) is 10.00 Å². The number of hydrogen-bond acceptors (Lipinski definition) is 4. The largest absolute Gasteiger partial charge is 0.497 e. The molecule has 1 atom stereocenters. The molecule has 0 heterocycles. The van der Waals surface area contributed by atoms with Gasteiger partial charge in [0, 0.05) is 17.4 Å². The molecule has 0 fully saturated rings. The molecule has 2 aromatic rings. The number of methoxy groups -OCH3 is 1. The van der Waals surface area contributed by atoms with Crippen molar-refractivity contribution >= 4 is 23.2 Å². The summed E-state index contributed by atoms with van der Waals surface area (Å²) < 4.78 is 5.11. The minimum Gasteiger partial charge on any atom is -0.497 e. The Morgan fingerprint density at radius 3 is 2.19 bits per heavy atom. The Bertz CT molecular complexity index is 830. The molecular formula is C19H21N4O3+. The first-order chi connectivity index (χ1) is 12.5. The minimum absolute atomic E-state index is 0.127. The van der Waals surface area contributed by atoms with Crippen LogP contribution >= 0.6 is 0 Å². The molecule has 1 unspecified atom stereocenters. The number of likely N-dealkylation sites (N-methyl/N-ethyl adjacent to an activating group) is 1. The molecule has 0 saturated carbocycles. The summed E-state index contributed by atoms with van der Waals surface area (Å²) in [7, 11) is 3.32. The molecule has 26 heavy (non-hydrogen) atoms. The van der Waals surface area contributed by atoms with Crippen molar-refractivity contribution in [3.05, 3.63) is 54.1 Å². The topological polar surface area (TPSA) is 95.7 Å². The van der Waals surface area contributed by atoms with Crippen LogP contribution in [0.5, 0.6) is 5.75 Å². The van der Waals surface area contributed by atoms with Gasteiger partial charge in [-0.05, 0) is 30.3 Å². The van der Waals surface area contributed by atoms with Crippen LogP contribution in [0.2, 0.25) is 0 Å². The Balaban J connectivity index is 1.83. The molecule has 0 saturated heterocycles. The second-order valence-electron chi connectivity index (χ2n) is 5.83. The number of carbonyl (C=O) groups excluding carboxylic acids is 2. The maximum absolute atomic E-state index is 12.1. The van der Waals surface area contributed by atoms with Crippen molar-refractivity contribution in [3.8, 4) is 11.8 Å². The number of ether oxygens (including phenoxy) is 1. The average Bonchev–Trinajstić information content (AvgIpc) is 2.61. The Morgan fingerprint density at radius 2 is 1.62 bits per heavy atom. The number of anilines is 2. The van der Waals surface area contributed by atoms with E-state index in [1.165, 1.54) is 0 Å². The Labute approximate surface area is 152 Å². The van der Waals surface area contributed by atoms with Crippen molar-refractivity contribution < 1.29 is 19.2 Å². The van der Waals surface area contributed by atoms with Crippen LogP contribution in [0.15, 0.2) is 48.5 Å². The van der Waals surface area contributed by atoms with E-state index in [-0.39, 0.29) is 24.9 Å². The molecule has 134 valence electrons. The smallest absolute Gasteiger partial charge is 0.279 e. The highest BCUT2D eigenvalue weighted by Gasteiger charge is 2.15. The van der Waals surface area contributed by atoms with Crippen LogP contribution in [0.3, 0.4) is 0 Å². The highest BCUT2D eigenvalue weighted by atomic mass is 16.5. The van der Waals surface area contributed by atoms with Crippen molar-refractivity contribution in [2.75, 3.05) is 37.9 Å². The molecule has 0 spiro atoms. The second-order valence-corrected chi connectivity index (χ2v) is 5.83. The fraction of sp³-hybridized carbons (Fsp3) is 0.211. The molecular weight excluding hydrogens is 332 g/mol. The Hall–Kier alpha value is -3.37. The van der Waals surface area contributed by atoms with Crippen molar-refractivity contribution in [2.45, 2.75) is 0 Å². The molecule has 7 nitrogen and oxygen atoms in total. The van der Waals surface area contributed by atoms with Gasteiger partial charge in [-0.3, -0.25) is 9.59 Å². The lowest BCUT2D eigenvalue weighted by atomic mass is 10.2. The van der Waals surface area contributed by atoms with Gasteiger partial charge >= 0.3 is 0 Å². The van der Waals surface area contributed by atoms with Gasteiger partial charge in [0.1, 0.15) is 5.75 Å². The monoisotopic (exact) mass is 353 g/mol. The summed E-state index contributed by atoms with van der Waals surface area (Å²) in [6.07, 6.45) is 0. The van der Waals surface area contributed by atoms with Crippen LogP contribution in [-0.4, -0.2) is 39.1 Å². The second kappa shape index (κ2) is 9.20. The van der Waals surface area contributed by atoms with Crippen LogP contribution in [-0.2, 0) is 9.59 Å². The first kappa shape index (κ1) is 19.0. The third-order valence-electron chi connectivity index (χ3n) is 3.55. The van der Waals surface area contributed by atoms with Crippen molar-refractivity contribution in [1.82, 2.24) is 0 Å². The molecule has 0 aliphatic carbocycles. The van der Waals surface area contributed by atoms with Crippen molar-refractivity contribution in [1.29, 1.82) is 5.26 Å². The summed E-state index contributed by atoms with van der Waals surface area (Å²) in [5, 5.41) is 14.4. The third kappa shape index (κ3) is 5.92. The lowest BCUT2D eigenvalue weighted by molar-refractivity contribution is -0.862. The summed E-state index contributed by atoms with van der Waals surface area (Å²) in [5.74, 6) is 0.226. The van der Waals surface area contributed by atoms with Gasteiger partial charge in [-0.1, -0.05) is 12.1 Å². The van der Waals surface area contributed by atoms with Gasteiger partial charge in [0.15, 0.2) is 13.1 Å².